The van der Waals surface area contributed by atoms with Crippen LogP contribution in [0.5, 0.6) is 0 Å². The van der Waals surface area contributed by atoms with Crippen LogP contribution in [0.4, 0.5) is 0 Å². The predicted molar refractivity (Wildman–Crippen MR) is 339 cm³/mol. The molecule has 17 aromatic rings. The van der Waals surface area contributed by atoms with Crippen molar-refractivity contribution < 1.29 is 8.83 Å². The van der Waals surface area contributed by atoms with Crippen molar-refractivity contribution in [2.45, 2.75) is 0 Å². The average Bonchev–Trinajstić information content (AvgIpc) is 4.14. The summed E-state index contributed by atoms with van der Waals surface area (Å²) in [5.74, 6) is 0. The van der Waals surface area contributed by atoms with Crippen LogP contribution < -0.4 is 0 Å². The maximum atomic E-state index is 6.43. The lowest BCUT2D eigenvalue weighted by Crippen LogP contribution is -1.92. The first-order valence-corrected chi connectivity index (χ1v) is 27.5. The van der Waals surface area contributed by atoms with Crippen molar-refractivity contribution in [3.8, 4) is 66.8 Å². The van der Waals surface area contributed by atoms with Gasteiger partial charge in [-0.05, 0) is 180 Å². The smallest absolute Gasteiger partial charge is 0.136 e. The summed E-state index contributed by atoms with van der Waals surface area (Å²) in [6.07, 6.45) is 0. The Morgan fingerprint density at radius 1 is 0.175 bits per heavy atom. The summed E-state index contributed by atoms with van der Waals surface area (Å²) in [7, 11) is 0. The highest BCUT2D eigenvalue weighted by Gasteiger charge is 2.23. The summed E-state index contributed by atoms with van der Waals surface area (Å²) in [5.41, 5.74) is 18.1. The lowest BCUT2D eigenvalue weighted by atomic mass is 9.83. The number of rotatable bonds is 6. The van der Waals surface area contributed by atoms with Gasteiger partial charge < -0.3 is 8.83 Å². The van der Waals surface area contributed by atoms with Crippen molar-refractivity contribution in [2.75, 3.05) is 0 Å². The summed E-state index contributed by atoms with van der Waals surface area (Å²) < 4.78 is 12.7. The number of hydrogen-bond donors (Lipinski definition) is 0. The second-order valence-electron chi connectivity index (χ2n) is 21.3. The van der Waals surface area contributed by atoms with Gasteiger partial charge in [0.1, 0.15) is 22.3 Å². The van der Waals surface area contributed by atoms with Crippen LogP contribution in [0.15, 0.2) is 288 Å². The van der Waals surface area contributed by atoms with Crippen LogP contribution in [0.25, 0.3) is 175 Å². The zero-order valence-corrected chi connectivity index (χ0v) is 43.4. The van der Waals surface area contributed by atoms with Gasteiger partial charge >= 0.3 is 0 Å². The Labute approximate surface area is 460 Å². The van der Waals surface area contributed by atoms with Crippen molar-refractivity contribution in [3.05, 3.63) is 279 Å². The molecule has 0 spiro atoms. The molecule has 80 heavy (non-hydrogen) atoms. The van der Waals surface area contributed by atoms with Gasteiger partial charge in [0.25, 0.3) is 0 Å². The van der Waals surface area contributed by atoms with Crippen molar-refractivity contribution in [1.82, 2.24) is 0 Å². The molecule has 17 rings (SSSR count). The van der Waals surface area contributed by atoms with Gasteiger partial charge in [-0.3, -0.25) is 0 Å². The Morgan fingerprint density at radius 3 is 1.16 bits per heavy atom. The van der Waals surface area contributed by atoms with Crippen LogP contribution in [0.2, 0.25) is 0 Å². The molecule has 0 radical (unpaired) electrons. The Balaban J connectivity index is 0.757. The molecule has 0 bridgehead atoms. The second-order valence-corrected chi connectivity index (χ2v) is 21.3. The summed E-state index contributed by atoms with van der Waals surface area (Å²) in [6, 6.07) is 102. The highest BCUT2D eigenvalue weighted by molar-refractivity contribution is 6.27. The largest absolute Gasteiger partial charge is 0.456 e. The van der Waals surface area contributed by atoms with Gasteiger partial charge in [0, 0.05) is 21.5 Å². The molecule has 0 saturated heterocycles. The second kappa shape index (κ2) is 17.5. The van der Waals surface area contributed by atoms with Gasteiger partial charge in [0.05, 0.1) is 0 Å². The standard InChI is InChI=1S/C78H46O2/c1-3-24-61-59(22-1)74(60-23-2-4-25-62(60)75(61)53-39-42-72-69(46-53)57-21-9-11-34-70(57)79-72)52-20-13-17-51(45-52)54-31-14-18-49-43-47(37-40-55(49)54)48-38-41-56-50(44-48)19-15-32-58(56)76-63-26-5-7-28-65(63)77(66-29-8-6-27-64(66)76)68-33-16-36-73-78(68)67-30-10-12-35-71(67)80-73/h1-46H. The normalized spacial score (nSPS) is 12.0. The number of fused-ring (bicyclic) bond motifs is 12. The molecule has 370 valence electrons. The maximum absolute atomic E-state index is 6.43. The van der Waals surface area contributed by atoms with E-state index in [0.29, 0.717) is 0 Å². The maximum Gasteiger partial charge on any atom is 0.136 e. The van der Waals surface area contributed by atoms with E-state index in [9.17, 15) is 0 Å². The van der Waals surface area contributed by atoms with Crippen LogP contribution in [0.3, 0.4) is 0 Å². The molecule has 0 aliphatic heterocycles. The van der Waals surface area contributed by atoms with Crippen LogP contribution in [0, 0.1) is 0 Å². The summed E-state index contributed by atoms with van der Waals surface area (Å²) in [4.78, 5) is 0. The van der Waals surface area contributed by atoms with E-state index in [0.717, 1.165) is 43.9 Å². The zero-order chi connectivity index (χ0) is 52.4. The van der Waals surface area contributed by atoms with Crippen molar-refractivity contribution >= 4 is 109 Å². The third-order valence-corrected chi connectivity index (χ3v) is 17.0. The summed E-state index contributed by atoms with van der Waals surface area (Å²) in [6.45, 7) is 0. The van der Waals surface area contributed by atoms with E-state index >= 15 is 0 Å². The minimum Gasteiger partial charge on any atom is -0.456 e. The molecule has 0 aliphatic carbocycles. The lowest BCUT2D eigenvalue weighted by Gasteiger charge is -2.19. The van der Waals surface area contributed by atoms with E-state index < -0.39 is 0 Å². The number of furan rings is 2. The Morgan fingerprint density at radius 2 is 0.562 bits per heavy atom. The molecule has 0 N–H and O–H groups in total. The summed E-state index contributed by atoms with van der Waals surface area (Å²) >= 11 is 0. The fourth-order valence-electron chi connectivity index (χ4n) is 13.6. The SMILES string of the molecule is c1cc(-c2cccc3cc(-c4ccc5c(-c6c7ccccc7c(-c7cccc8oc9ccccc9c78)c7ccccc67)cccc5c4)ccc23)cc(-c2c3ccccc3c(-c3ccc4oc5ccccc5c4c3)c3ccccc23)c1. The molecule has 2 aromatic heterocycles. The van der Waals surface area contributed by atoms with Gasteiger partial charge in [-0.15, -0.1) is 0 Å². The van der Waals surface area contributed by atoms with Gasteiger partial charge in [-0.2, -0.15) is 0 Å². The monoisotopic (exact) mass is 1010 g/mol. The first-order valence-electron chi connectivity index (χ1n) is 27.5. The third-order valence-electron chi connectivity index (χ3n) is 17.0. The van der Waals surface area contributed by atoms with Crippen molar-refractivity contribution in [3.63, 3.8) is 0 Å². The van der Waals surface area contributed by atoms with Gasteiger partial charge in [0.15, 0.2) is 0 Å². The third kappa shape index (κ3) is 6.73. The molecule has 0 atom stereocenters. The van der Waals surface area contributed by atoms with Crippen LogP contribution in [-0.4, -0.2) is 0 Å². The highest BCUT2D eigenvalue weighted by atomic mass is 16.3. The number of hydrogen-bond acceptors (Lipinski definition) is 2. The molecular formula is C78H46O2. The predicted octanol–water partition coefficient (Wildman–Crippen LogP) is 22.4. The van der Waals surface area contributed by atoms with Crippen LogP contribution >= 0.6 is 0 Å². The van der Waals surface area contributed by atoms with Crippen molar-refractivity contribution in [2.24, 2.45) is 0 Å². The first-order chi connectivity index (χ1) is 39.7. The van der Waals surface area contributed by atoms with Crippen molar-refractivity contribution in [1.29, 1.82) is 0 Å². The van der Waals surface area contributed by atoms with Crippen LogP contribution in [0.1, 0.15) is 0 Å². The zero-order valence-electron chi connectivity index (χ0n) is 43.4. The number of benzene rings is 15. The topological polar surface area (TPSA) is 26.3 Å². The molecule has 15 aromatic carbocycles. The Kier molecular flexibility index (Phi) is 9.75. The van der Waals surface area contributed by atoms with E-state index in [1.807, 2.05) is 12.1 Å². The first kappa shape index (κ1) is 44.6. The molecule has 0 fully saturated rings. The van der Waals surface area contributed by atoms with E-state index in [2.05, 4.69) is 267 Å². The lowest BCUT2D eigenvalue weighted by molar-refractivity contribution is 0.668. The molecule has 0 amide bonds. The van der Waals surface area contributed by atoms with Gasteiger partial charge in [-0.25, -0.2) is 0 Å². The molecule has 0 unspecified atom stereocenters. The van der Waals surface area contributed by atoms with Gasteiger partial charge in [0.2, 0.25) is 0 Å². The molecular weight excluding hydrogens is 969 g/mol. The number of para-hydroxylation sites is 2. The Bertz CT molecular complexity index is 5320. The minimum atomic E-state index is 0.902. The van der Waals surface area contributed by atoms with Gasteiger partial charge in [-0.1, -0.05) is 231 Å². The molecule has 2 heterocycles. The van der Waals surface area contributed by atoms with Crippen LogP contribution in [-0.2, 0) is 0 Å². The average molecular weight is 1020 g/mol. The highest BCUT2D eigenvalue weighted by Crippen LogP contribution is 2.50. The van der Waals surface area contributed by atoms with E-state index in [1.54, 1.807) is 0 Å². The van der Waals surface area contributed by atoms with E-state index in [-0.39, 0.29) is 0 Å². The molecule has 2 nitrogen and oxygen atoms in total. The quantitative estimate of drug-likeness (QED) is 0.155. The molecule has 0 aliphatic rings. The fraction of sp³-hybridized carbons (Fsp3) is 0. The molecule has 2 heteroatoms. The Hall–Kier alpha value is -10.5. The van der Waals surface area contributed by atoms with E-state index in [1.165, 1.54) is 131 Å². The fourth-order valence-corrected chi connectivity index (χ4v) is 13.6. The summed E-state index contributed by atoms with van der Waals surface area (Å²) in [5, 5.41) is 19.2. The molecule has 0 saturated carbocycles. The minimum absolute atomic E-state index is 0.902. The van der Waals surface area contributed by atoms with E-state index in [4.69, 9.17) is 8.83 Å².